The molecule has 0 unspecified atom stereocenters. The van der Waals surface area contributed by atoms with E-state index >= 15 is 0 Å². The number of rotatable bonds is 4. The normalized spacial score (nSPS) is 11.8. The van der Waals surface area contributed by atoms with Crippen molar-refractivity contribution in [3.8, 4) is 11.3 Å². The molecule has 2 rings (SSSR count). The molecule has 0 radical (unpaired) electrons. The first-order valence-electron chi connectivity index (χ1n) is 5.89. The summed E-state index contributed by atoms with van der Waals surface area (Å²) in [4.78, 5) is 3.91. The Morgan fingerprint density at radius 3 is 2.70 bits per heavy atom. The summed E-state index contributed by atoms with van der Waals surface area (Å²) in [6.45, 7) is 0.602. The van der Waals surface area contributed by atoms with Crippen LogP contribution in [0.2, 0.25) is 0 Å². The number of hydrogen-bond acceptors (Lipinski definition) is 3. The largest absolute Gasteiger partial charge is 0.441 e. The predicted octanol–water partition coefficient (Wildman–Crippen LogP) is 3.26. The van der Waals surface area contributed by atoms with Crippen molar-refractivity contribution in [2.24, 2.45) is 0 Å². The Bertz CT molecular complexity index is 592. The van der Waals surface area contributed by atoms with Gasteiger partial charge in [0.2, 0.25) is 0 Å². The third-order valence-electron chi connectivity index (χ3n) is 2.71. The van der Waals surface area contributed by atoms with Crippen molar-refractivity contribution in [3.05, 3.63) is 41.7 Å². The van der Waals surface area contributed by atoms with Crippen LogP contribution in [0.25, 0.3) is 11.3 Å². The van der Waals surface area contributed by atoms with Gasteiger partial charge >= 0.3 is 6.18 Å². The quantitative estimate of drug-likeness (QED) is 0.878. The highest BCUT2D eigenvalue weighted by molar-refractivity contribution is 5.59. The molecule has 3 nitrogen and oxygen atoms in total. The van der Waals surface area contributed by atoms with Gasteiger partial charge in [0.25, 0.3) is 0 Å². The minimum absolute atomic E-state index is 0.0142. The number of oxazole rings is 1. The number of benzene rings is 1. The lowest BCUT2D eigenvalue weighted by molar-refractivity contribution is -0.139. The Kier molecular flexibility index (Phi) is 4.08. The molecule has 0 aliphatic rings. The van der Waals surface area contributed by atoms with Crippen molar-refractivity contribution in [1.29, 1.82) is 0 Å². The van der Waals surface area contributed by atoms with Gasteiger partial charge in [0, 0.05) is 13.0 Å². The van der Waals surface area contributed by atoms with Crippen LogP contribution in [0.1, 0.15) is 11.5 Å². The van der Waals surface area contributed by atoms with Crippen LogP contribution in [0.3, 0.4) is 0 Å². The zero-order valence-electron chi connectivity index (χ0n) is 10.6. The lowest BCUT2D eigenvalue weighted by Gasteiger charge is -2.09. The Balaban J connectivity index is 2.36. The van der Waals surface area contributed by atoms with Gasteiger partial charge in [-0.3, -0.25) is 0 Å². The third kappa shape index (κ3) is 2.98. The van der Waals surface area contributed by atoms with Crippen LogP contribution in [0, 0.1) is 5.82 Å². The number of likely N-dealkylation sites (N-methyl/N-ethyl adjacent to an activating group) is 1. The maximum Gasteiger partial charge on any atom is 0.419 e. The summed E-state index contributed by atoms with van der Waals surface area (Å²) in [5.41, 5.74) is -1.56. The molecule has 0 bridgehead atoms. The van der Waals surface area contributed by atoms with E-state index in [1.807, 2.05) is 0 Å². The highest BCUT2D eigenvalue weighted by Crippen LogP contribution is 2.35. The number of alkyl halides is 3. The van der Waals surface area contributed by atoms with E-state index in [1.165, 1.54) is 12.3 Å². The van der Waals surface area contributed by atoms with Crippen molar-refractivity contribution in [2.75, 3.05) is 13.6 Å². The van der Waals surface area contributed by atoms with Crippen LogP contribution in [-0.2, 0) is 12.6 Å². The Morgan fingerprint density at radius 1 is 1.30 bits per heavy atom. The van der Waals surface area contributed by atoms with Gasteiger partial charge < -0.3 is 9.73 Å². The van der Waals surface area contributed by atoms with Crippen LogP contribution in [0.4, 0.5) is 17.6 Å². The number of halogens is 4. The van der Waals surface area contributed by atoms with Crippen molar-refractivity contribution < 1.29 is 22.0 Å². The molecule has 7 heteroatoms. The molecule has 0 amide bonds. The first kappa shape index (κ1) is 14.5. The van der Waals surface area contributed by atoms with Crippen molar-refractivity contribution in [2.45, 2.75) is 12.6 Å². The van der Waals surface area contributed by atoms with Gasteiger partial charge in [-0.25, -0.2) is 9.37 Å². The van der Waals surface area contributed by atoms with Gasteiger partial charge in [-0.1, -0.05) is 6.07 Å². The molecule has 20 heavy (non-hydrogen) atoms. The second-order valence-corrected chi connectivity index (χ2v) is 4.14. The Hall–Kier alpha value is -1.89. The zero-order valence-corrected chi connectivity index (χ0v) is 10.6. The maximum absolute atomic E-state index is 13.9. The second kappa shape index (κ2) is 5.62. The minimum atomic E-state index is -4.74. The number of aromatic nitrogens is 1. The van der Waals surface area contributed by atoms with Gasteiger partial charge in [-0.15, -0.1) is 0 Å². The monoisotopic (exact) mass is 288 g/mol. The minimum Gasteiger partial charge on any atom is -0.441 e. The lowest BCUT2D eigenvalue weighted by Crippen LogP contribution is -2.10. The van der Waals surface area contributed by atoms with E-state index in [0.29, 0.717) is 24.9 Å². The van der Waals surface area contributed by atoms with Gasteiger partial charge in [0.15, 0.2) is 11.7 Å². The summed E-state index contributed by atoms with van der Waals surface area (Å²) < 4.78 is 57.0. The molecule has 2 aromatic rings. The zero-order chi connectivity index (χ0) is 14.8. The van der Waals surface area contributed by atoms with E-state index in [-0.39, 0.29) is 11.3 Å². The highest BCUT2D eigenvalue weighted by atomic mass is 19.4. The molecule has 108 valence electrons. The van der Waals surface area contributed by atoms with Crippen LogP contribution in [0.15, 0.2) is 28.8 Å². The third-order valence-corrected chi connectivity index (χ3v) is 2.71. The van der Waals surface area contributed by atoms with Crippen molar-refractivity contribution in [3.63, 3.8) is 0 Å². The van der Waals surface area contributed by atoms with Crippen molar-refractivity contribution >= 4 is 0 Å². The van der Waals surface area contributed by atoms with Crippen LogP contribution >= 0.6 is 0 Å². The first-order valence-corrected chi connectivity index (χ1v) is 5.89. The topological polar surface area (TPSA) is 38.1 Å². The molecule has 0 saturated heterocycles. The van der Waals surface area contributed by atoms with Crippen LogP contribution in [-0.4, -0.2) is 18.6 Å². The van der Waals surface area contributed by atoms with E-state index in [9.17, 15) is 17.6 Å². The summed E-state index contributed by atoms with van der Waals surface area (Å²) in [5.74, 6) is -1.03. The van der Waals surface area contributed by atoms with Crippen molar-refractivity contribution in [1.82, 2.24) is 10.3 Å². The van der Waals surface area contributed by atoms with Crippen LogP contribution < -0.4 is 5.32 Å². The SMILES string of the molecule is CNCCc1ncc(-c2cccc(C(F)(F)F)c2F)o1. The summed E-state index contributed by atoms with van der Waals surface area (Å²) in [5, 5.41) is 2.88. The standard InChI is InChI=1S/C13H12F4N2O/c1-18-6-5-11-19-7-10(20-11)8-3-2-4-9(12(8)14)13(15,16)17/h2-4,7,18H,5-6H2,1H3. The van der Waals surface area contributed by atoms with E-state index in [1.54, 1.807) is 7.05 Å². The summed E-state index contributed by atoms with van der Waals surface area (Å²) in [6.07, 6.45) is -3.05. The molecule has 1 heterocycles. The second-order valence-electron chi connectivity index (χ2n) is 4.14. The Labute approximate surface area is 112 Å². The fourth-order valence-corrected chi connectivity index (χ4v) is 1.72. The molecule has 1 aromatic carbocycles. The molecule has 0 spiro atoms. The lowest BCUT2D eigenvalue weighted by atomic mass is 10.1. The molecular formula is C13H12F4N2O. The predicted molar refractivity (Wildman–Crippen MR) is 64.5 cm³/mol. The number of hydrogen-bond donors (Lipinski definition) is 1. The average Bonchev–Trinajstić information content (AvgIpc) is 2.83. The summed E-state index contributed by atoms with van der Waals surface area (Å²) in [6, 6.07) is 3.06. The fraction of sp³-hybridized carbons (Fsp3) is 0.308. The van der Waals surface area contributed by atoms with E-state index < -0.39 is 17.6 Å². The van der Waals surface area contributed by atoms with Gasteiger partial charge in [-0.2, -0.15) is 13.2 Å². The maximum atomic E-state index is 13.9. The molecule has 0 aliphatic carbocycles. The molecule has 1 N–H and O–H groups in total. The van der Waals surface area contributed by atoms with Gasteiger partial charge in [0.1, 0.15) is 5.82 Å². The highest BCUT2D eigenvalue weighted by Gasteiger charge is 2.35. The molecule has 0 atom stereocenters. The molecule has 0 aliphatic heterocycles. The number of nitrogens with one attached hydrogen (secondary N) is 1. The molecular weight excluding hydrogens is 276 g/mol. The first-order chi connectivity index (χ1) is 9.43. The molecule has 0 fully saturated rings. The smallest absolute Gasteiger partial charge is 0.419 e. The van der Waals surface area contributed by atoms with E-state index in [2.05, 4.69) is 10.3 Å². The van der Waals surface area contributed by atoms with Crippen LogP contribution in [0.5, 0.6) is 0 Å². The number of nitrogens with zero attached hydrogens (tertiary/aromatic N) is 1. The van der Waals surface area contributed by atoms with E-state index in [0.717, 1.165) is 6.07 Å². The summed E-state index contributed by atoms with van der Waals surface area (Å²) >= 11 is 0. The Morgan fingerprint density at radius 2 is 2.05 bits per heavy atom. The average molecular weight is 288 g/mol. The van der Waals surface area contributed by atoms with Gasteiger partial charge in [-0.05, 0) is 19.2 Å². The van der Waals surface area contributed by atoms with E-state index in [4.69, 9.17) is 4.42 Å². The van der Waals surface area contributed by atoms with Gasteiger partial charge in [0.05, 0.1) is 17.3 Å². The summed E-state index contributed by atoms with van der Waals surface area (Å²) in [7, 11) is 1.75. The fourth-order valence-electron chi connectivity index (χ4n) is 1.72. The molecule has 0 saturated carbocycles. The molecule has 1 aromatic heterocycles.